The fourth-order valence-electron chi connectivity index (χ4n) is 4.28. The molecule has 2 saturated heterocycles. The smallest absolute Gasteiger partial charge is 0.245 e. The maximum Gasteiger partial charge on any atom is 0.245 e. The van der Waals surface area contributed by atoms with Crippen molar-refractivity contribution < 1.29 is 21.6 Å². The molecule has 0 N–H and O–H groups in total. The number of aromatic nitrogens is 1. The van der Waals surface area contributed by atoms with Gasteiger partial charge in [0.05, 0.1) is 18.3 Å². The van der Waals surface area contributed by atoms with Crippen molar-refractivity contribution in [2.75, 3.05) is 65.2 Å². The first kappa shape index (κ1) is 24.0. The van der Waals surface area contributed by atoms with Crippen LogP contribution >= 0.6 is 0 Å². The highest BCUT2D eigenvalue weighted by molar-refractivity contribution is 7.89. The molecule has 0 spiro atoms. The molecular formula is C21H29N5O5S2. The average Bonchev–Trinajstić information content (AvgIpc) is 2.78. The first-order chi connectivity index (χ1) is 15.6. The van der Waals surface area contributed by atoms with Gasteiger partial charge in [-0.05, 0) is 24.6 Å². The maximum absolute atomic E-state index is 13.3. The number of hydrogen-bond donors (Lipinski definition) is 0. The zero-order valence-corrected chi connectivity index (χ0v) is 20.5. The van der Waals surface area contributed by atoms with Crippen molar-refractivity contribution in [3.05, 3.63) is 36.0 Å². The van der Waals surface area contributed by atoms with Crippen molar-refractivity contribution in [2.24, 2.45) is 0 Å². The summed E-state index contributed by atoms with van der Waals surface area (Å²) in [6, 6.07) is 7.09. The predicted octanol–water partition coefficient (Wildman–Crippen LogP) is -0.0467. The number of nitrogens with zero attached hydrogens (tertiary/aromatic N) is 5. The predicted molar refractivity (Wildman–Crippen MR) is 125 cm³/mol. The molecule has 4 rings (SSSR count). The van der Waals surface area contributed by atoms with E-state index in [4.69, 9.17) is 0 Å². The van der Waals surface area contributed by atoms with Crippen LogP contribution in [0, 0.1) is 6.92 Å². The molecule has 3 heterocycles. The Balaban J connectivity index is 1.36. The monoisotopic (exact) mass is 495 g/mol. The molecule has 0 unspecified atom stereocenters. The van der Waals surface area contributed by atoms with Crippen LogP contribution in [0.15, 0.2) is 35.4 Å². The van der Waals surface area contributed by atoms with Gasteiger partial charge in [-0.2, -0.15) is 8.61 Å². The summed E-state index contributed by atoms with van der Waals surface area (Å²) < 4.78 is 52.7. The van der Waals surface area contributed by atoms with E-state index in [0.29, 0.717) is 57.9 Å². The molecule has 0 radical (unpaired) electrons. The molecule has 1 aromatic carbocycles. The van der Waals surface area contributed by atoms with Gasteiger partial charge < -0.3 is 4.90 Å². The normalized spacial score (nSPS) is 19.8. The van der Waals surface area contributed by atoms with Gasteiger partial charge in [0.25, 0.3) is 0 Å². The lowest BCUT2D eigenvalue weighted by atomic mass is 10.2. The van der Waals surface area contributed by atoms with Crippen LogP contribution in [0.25, 0.3) is 10.9 Å². The highest BCUT2D eigenvalue weighted by Crippen LogP contribution is 2.25. The number of para-hydroxylation sites is 1. The minimum absolute atomic E-state index is 0.0620. The standard InChI is InChI=1S/C21H29N5O5S2/c1-17-14-18-4-3-5-19(21(18)22-15-17)33(30,31)26-10-6-23(7-11-26)16-20(27)24-8-12-25(13-9-24)32(2,28)29/h3-5,14-15H,6-13,16H2,1-2H3. The number of benzene rings is 1. The molecular weight excluding hydrogens is 466 g/mol. The number of amides is 1. The second-order valence-electron chi connectivity index (χ2n) is 8.56. The summed E-state index contributed by atoms with van der Waals surface area (Å²) >= 11 is 0. The first-order valence-electron chi connectivity index (χ1n) is 10.9. The van der Waals surface area contributed by atoms with Gasteiger partial charge in [0.2, 0.25) is 26.0 Å². The Bertz CT molecular complexity index is 1250. The lowest BCUT2D eigenvalue weighted by Gasteiger charge is -2.37. The largest absolute Gasteiger partial charge is 0.339 e. The molecule has 2 fully saturated rings. The number of carbonyl (C=O) groups is 1. The van der Waals surface area contributed by atoms with E-state index >= 15 is 0 Å². The number of sulfonamides is 2. The molecule has 10 nitrogen and oxygen atoms in total. The molecule has 0 bridgehead atoms. The number of fused-ring (bicyclic) bond motifs is 1. The average molecular weight is 496 g/mol. The highest BCUT2D eigenvalue weighted by atomic mass is 32.2. The van der Waals surface area contributed by atoms with Gasteiger partial charge in [-0.3, -0.25) is 14.7 Å². The van der Waals surface area contributed by atoms with Crippen molar-refractivity contribution in [3.8, 4) is 0 Å². The summed E-state index contributed by atoms with van der Waals surface area (Å²) in [6.07, 6.45) is 2.84. The summed E-state index contributed by atoms with van der Waals surface area (Å²) in [5.74, 6) is -0.0620. The molecule has 1 amide bonds. The fraction of sp³-hybridized carbons (Fsp3) is 0.524. The second-order valence-corrected chi connectivity index (χ2v) is 12.5. The Morgan fingerprint density at radius 3 is 2.21 bits per heavy atom. The minimum atomic E-state index is -3.71. The summed E-state index contributed by atoms with van der Waals surface area (Å²) in [6.45, 7) is 4.93. The Kier molecular flexibility index (Phi) is 6.74. The number of carbonyl (C=O) groups excluding carboxylic acids is 1. The molecule has 12 heteroatoms. The van der Waals surface area contributed by atoms with Crippen LogP contribution in [0.3, 0.4) is 0 Å². The van der Waals surface area contributed by atoms with E-state index < -0.39 is 20.0 Å². The van der Waals surface area contributed by atoms with Crippen LogP contribution < -0.4 is 0 Å². The second kappa shape index (κ2) is 9.26. The lowest BCUT2D eigenvalue weighted by molar-refractivity contribution is -0.133. The highest BCUT2D eigenvalue weighted by Gasteiger charge is 2.32. The van der Waals surface area contributed by atoms with Gasteiger partial charge >= 0.3 is 0 Å². The molecule has 2 aromatic rings. The van der Waals surface area contributed by atoms with E-state index in [9.17, 15) is 21.6 Å². The molecule has 2 aliphatic heterocycles. The topological polar surface area (TPSA) is 111 Å². The Hall–Kier alpha value is -2.12. The van der Waals surface area contributed by atoms with Gasteiger partial charge in [0.1, 0.15) is 4.90 Å². The summed E-state index contributed by atoms with van der Waals surface area (Å²) in [4.78, 5) is 20.9. The molecule has 0 atom stereocenters. The van der Waals surface area contributed by atoms with Gasteiger partial charge in [-0.15, -0.1) is 0 Å². The van der Waals surface area contributed by atoms with Gasteiger partial charge in [-0.1, -0.05) is 12.1 Å². The van der Waals surface area contributed by atoms with Crippen molar-refractivity contribution in [3.63, 3.8) is 0 Å². The van der Waals surface area contributed by atoms with E-state index in [-0.39, 0.29) is 17.3 Å². The fourth-order valence-corrected chi connectivity index (χ4v) is 6.69. The van der Waals surface area contributed by atoms with Crippen molar-refractivity contribution in [2.45, 2.75) is 11.8 Å². The van der Waals surface area contributed by atoms with E-state index in [0.717, 1.165) is 10.9 Å². The van der Waals surface area contributed by atoms with Crippen LogP contribution in [0.2, 0.25) is 0 Å². The first-order valence-corrected chi connectivity index (χ1v) is 14.2. The molecule has 0 saturated carbocycles. The zero-order valence-electron chi connectivity index (χ0n) is 18.8. The number of piperazine rings is 2. The zero-order chi connectivity index (χ0) is 23.8. The quantitative estimate of drug-likeness (QED) is 0.572. The number of pyridine rings is 1. The van der Waals surface area contributed by atoms with Gasteiger partial charge in [0.15, 0.2) is 0 Å². The number of hydrogen-bond acceptors (Lipinski definition) is 7. The minimum Gasteiger partial charge on any atom is -0.339 e. The number of aryl methyl sites for hydroxylation is 1. The Morgan fingerprint density at radius 2 is 1.58 bits per heavy atom. The van der Waals surface area contributed by atoms with E-state index in [1.165, 1.54) is 14.9 Å². The molecule has 180 valence electrons. The van der Waals surface area contributed by atoms with E-state index in [1.807, 2.05) is 24.0 Å². The van der Waals surface area contributed by atoms with Gasteiger partial charge in [0, 0.05) is 63.9 Å². The lowest BCUT2D eigenvalue weighted by Crippen LogP contribution is -2.54. The third-order valence-corrected chi connectivity index (χ3v) is 9.41. The Labute approximate surface area is 194 Å². The molecule has 0 aliphatic carbocycles. The van der Waals surface area contributed by atoms with Crippen LogP contribution in [0.5, 0.6) is 0 Å². The summed E-state index contributed by atoms with van der Waals surface area (Å²) in [7, 11) is -6.95. The van der Waals surface area contributed by atoms with Crippen LogP contribution in [-0.4, -0.2) is 111 Å². The van der Waals surface area contributed by atoms with Gasteiger partial charge in [-0.25, -0.2) is 16.8 Å². The molecule has 2 aliphatic rings. The van der Waals surface area contributed by atoms with E-state index in [2.05, 4.69) is 4.98 Å². The van der Waals surface area contributed by atoms with Crippen LogP contribution in [-0.2, 0) is 24.8 Å². The summed E-state index contributed by atoms with van der Waals surface area (Å²) in [5, 5.41) is 0.788. The SMILES string of the molecule is Cc1cnc2c(S(=O)(=O)N3CCN(CC(=O)N4CCN(S(C)(=O)=O)CC4)CC3)cccc2c1. The van der Waals surface area contributed by atoms with Crippen molar-refractivity contribution in [1.82, 2.24) is 23.4 Å². The third kappa shape index (κ3) is 5.19. The molecule has 33 heavy (non-hydrogen) atoms. The number of rotatable bonds is 5. The van der Waals surface area contributed by atoms with Crippen molar-refractivity contribution in [1.29, 1.82) is 0 Å². The van der Waals surface area contributed by atoms with E-state index in [1.54, 1.807) is 23.2 Å². The van der Waals surface area contributed by atoms with Crippen LogP contribution in [0.1, 0.15) is 5.56 Å². The third-order valence-electron chi connectivity index (χ3n) is 6.18. The molecule has 1 aromatic heterocycles. The van der Waals surface area contributed by atoms with Crippen molar-refractivity contribution >= 4 is 36.9 Å². The van der Waals surface area contributed by atoms with Crippen LogP contribution in [0.4, 0.5) is 0 Å². The summed E-state index contributed by atoms with van der Waals surface area (Å²) in [5.41, 5.74) is 1.43. The Morgan fingerprint density at radius 1 is 0.939 bits per heavy atom. The maximum atomic E-state index is 13.3.